The van der Waals surface area contributed by atoms with Crippen molar-refractivity contribution in [1.82, 2.24) is 9.62 Å². The molecule has 0 aromatic heterocycles. The van der Waals surface area contributed by atoms with Crippen LogP contribution < -0.4 is 9.46 Å². The quantitative estimate of drug-likeness (QED) is 0.780. The van der Waals surface area contributed by atoms with E-state index in [1.165, 1.54) is 0 Å². The van der Waals surface area contributed by atoms with Gasteiger partial charge >= 0.3 is 0 Å². The fourth-order valence-electron chi connectivity index (χ4n) is 4.92. The summed E-state index contributed by atoms with van der Waals surface area (Å²) >= 11 is 0. The first-order chi connectivity index (χ1) is 14.5. The molecule has 2 bridgehead atoms. The highest BCUT2D eigenvalue weighted by Gasteiger charge is 2.38. The van der Waals surface area contributed by atoms with E-state index in [-0.39, 0.29) is 25.2 Å². The molecule has 3 heterocycles. The predicted octanol–water partition coefficient (Wildman–Crippen LogP) is 2.33. The fourth-order valence-corrected chi connectivity index (χ4v) is 5.72. The second kappa shape index (κ2) is 9.20. The Labute approximate surface area is 177 Å². The Morgan fingerprint density at radius 3 is 2.67 bits per heavy atom. The maximum Gasteiger partial charge on any atom is 0.260 e. The molecule has 5 rings (SSSR count). The number of sulfonamides is 1. The summed E-state index contributed by atoms with van der Waals surface area (Å²) in [6.07, 6.45) is 5.00. The van der Waals surface area contributed by atoms with Crippen molar-refractivity contribution in [2.45, 2.75) is 62.6 Å². The minimum atomic E-state index is -4.04. The van der Waals surface area contributed by atoms with Gasteiger partial charge in [-0.1, -0.05) is 18.2 Å². The van der Waals surface area contributed by atoms with Crippen LogP contribution in [-0.2, 0) is 19.6 Å². The number of nitrogens with zero attached hydrogens (tertiary/aromatic N) is 1. The SMILES string of the molecule is O=C1COc2ccccc2C2CCC(CC2)OCC2C(NS(=O)(=O)CF)CCCN12. The number of carbonyl (C=O) groups is 1. The van der Waals surface area contributed by atoms with Crippen molar-refractivity contribution in [3.63, 3.8) is 0 Å². The van der Waals surface area contributed by atoms with E-state index >= 15 is 0 Å². The topological polar surface area (TPSA) is 84.9 Å². The smallest absolute Gasteiger partial charge is 0.260 e. The molecule has 30 heavy (non-hydrogen) atoms. The van der Waals surface area contributed by atoms with E-state index in [9.17, 15) is 17.6 Å². The maximum absolute atomic E-state index is 13.0. The molecule has 1 aromatic rings. The molecule has 2 unspecified atom stereocenters. The zero-order chi connectivity index (χ0) is 21.1. The van der Waals surface area contributed by atoms with E-state index in [2.05, 4.69) is 10.8 Å². The molecule has 1 aromatic carbocycles. The lowest BCUT2D eigenvalue weighted by Gasteiger charge is -2.41. The number of halogens is 1. The van der Waals surface area contributed by atoms with Crippen molar-refractivity contribution in [3.8, 4) is 5.75 Å². The van der Waals surface area contributed by atoms with Crippen LogP contribution in [0.15, 0.2) is 24.3 Å². The van der Waals surface area contributed by atoms with Gasteiger partial charge in [0.15, 0.2) is 6.61 Å². The third kappa shape index (κ3) is 4.78. The number of nitrogens with one attached hydrogen (secondary N) is 1. The largest absolute Gasteiger partial charge is 0.483 e. The van der Waals surface area contributed by atoms with Gasteiger partial charge in [0.1, 0.15) is 5.75 Å². The molecule has 0 spiro atoms. The van der Waals surface area contributed by atoms with Crippen molar-refractivity contribution in [2.24, 2.45) is 0 Å². The Morgan fingerprint density at radius 1 is 1.13 bits per heavy atom. The van der Waals surface area contributed by atoms with Gasteiger partial charge in [-0.25, -0.2) is 17.5 Å². The van der Waals surface area contributed by atoms with Crippen molar-refractivity contribution in [1.29, 1.82) is 0 Å². The average Bonchev–Trinajstić information content (AvgIpc) is 2.78. The molecule has 0 radical (unpaired) electrons. The van der Waals surface area contributed by atoms with E-state index in [0.717, 1.165) is 37.0 Å². The number of hydrogen-bond acceptors (Lipinski definition) is 5. The van der Waals surface area contributed by atoms with Crippen molar-refractivity contribution in [2.75, 3.05) is 25.8 Å². The Hall–Kier alpha value is -1.71. The number of fused-ring (bicyclic) bond motifs is 5. The first kappa shape index (κ1) is 21.5. The molecule has 7 nitrogen and oxygen atoms in total. The van der Waals surface area contributed by atoms with Gasteiger partial charge in [-0.05, 0) is 56.1 Å². The highest BCUT2D eigenvalue weighted by Crippen LogP contribution is 2.38. The van der Waals surface area contributed by atoms with Gasteiger partial charge in [0.05, 0.1) is 18.8 Å². The zero-order valence-electron chi connectivity index (χ0n) is 17.0. The Bertz CT molecular complexity index is 857. The van der Waals surface area contributed by atoms with Crippen molar-refractivity contribution < 1.29 is 27.1 Å². The molecular weight excluding hydrogens is 411 g/mol. The summed E-state index contributed by atoms with van der Waals surface area (Å²) < 4.78 is 51.2. The first-order valence-corrected chi connectivity index (χ1v) is 12.3. The third-order valence-electron chi connectivity index (χ3n) is 6.46. The third-order valence-corrected chi connectivity index (χ3v) is 7.41. The minimum absolute atomic E-state index is 0.0763. The summed E-state index contributed by atoms with van der Waals surface area (Å²) in [7, 11) is -4.04. The van der Waals surface area contributed by atoms with Gasteiger partial charge < -0.3 is 14.4 Å². The molecule has 1 saturated heterocycles. The predicted molar refractivity (Wildman–Crippen MR) is 109 cm³/mol. The number of amides is 1. The number of rotatable bonds is 3. The van der Waals surface area contributed by atoms with Crippen LogP contribution in [0.2, 0.25) is 0 Å². The number of para-hydroxylation sites is 1. The molecule has 1 saturated carbocycles. The Balaban J connectivity index is 1.60. The van der Waals surface area contributed by atoms with Crippen LogP contribution in [-0.4, -0.2) is 63.2 Å². The highest BCUT2D eigenvalue weighted by atomic mass is 32.2. The van der Waals surface area contributed by atoms with Crippen molar-refractivity contribution >= 4 is 15.9 Å². The number of carbonyl (C=O) groups excluding carboxylic acids is 1. The number of piperidine rings is 1. The number of ether oxygens (including phenoxy) is 2. The summed E-state index contributed by atoms with van der Waals surface area (Å²) in [5, 5.41) is 0. The van der Waals surface area contributed by atoms with E-state index in [1.54, 1.807) is 4.90 Å². The Kier molecular flexibility index (Phi) is 6.60. The average molecular weight is 441 g/mol. The van der Waals surface area contributed by atoms with Crippen LogP contribution >= 0.6 is 0 Å². The summed E-state index contributed by atoms with van der Waals surface area (Å²) in [5.74, 6) is 0.899. The summed E-state index contributed by atoms with van der Waals surface area (Å²) in [5.41, 5.74) is 1.13. The molecule has 2 atom stereocenters. The second-order valence-electron chi connectivity index (χ2n) is 8.38. The van der Waals surface area contributed by atoms with Crippen LogP contribution in [0, 0.1) is 0 Å². The number of benzene rings is 1. The van der Waals surface area contributed by atoms with E-state index < -0.39 is 28.1 Å². The monoisotopic (exact) mass is 440 g/mol. The van der Waals surface area contributed by atoms with Gasteiger partial charge in [0.2, 0.25) is 16.0 Å². The van der Waals surface area contributed by atoms with E-state index in [4.69, 9.17) is 9.47 Å². The molecule has 3 aliphatic heterocycles. The zero-order valence-corrected chi connectivity index (χ0v) is 17.8. The van der Waals surface area contributed by atoms with Crippen LogP contribution in [0.1, 0.15) is 50.0 Å². The van der Waals surface area contributed by atoms with Gasteiger partial charge in [0.25, 0.3) is 5.91 Å². The number of alkyl halides is 1. The molecule has 1 N–H and O–H groups in total. The normalized spacial score (nSPS) is 30.3. The van der Waals surface area contributed by atoms with Crippen LogP contribution in [0.5, 0.6) is 5.75 Å². The molecule has 166 valence electrons. The van der Waals surface area contributed by atoms with Crippen LogP contribution in [0.3, 0.4) is 0 Å². The molecule has 9 heteroatoms. The van der Waals surface area contributed by atoms with Crippen LogP contribution in [0.25, 0.3) is 0 Å². The lowest BCUT2D eigenvalue weighted by Crippen LogP contribution is -2.60. The Morgan fingerprint density at radius 2 is 1.90 bits per heavy atom. The molecule has 4 aliphatic rings. The standard InChI is InChI=1S/C21H29FN2O5S/c22-14-30(26,27)23-18-5-3-11-24-19(18)12-28-16-9-7-15(8-10-16)17-4-1-2-6-20(17)29-13-21(24)25/h1-2,4,6,15-16,18-19,23H,3,5,7-14H2. The number of hydrogen-bond donors (Lipinski definition) is 1. The maximum atomic E-state index is 13.0. The first-order valence-electron chi connectivity index (χ1n) is 10.7. The molecule has 1 amide bonds. The van der Waals surface area contributed by atoms with Crippen LogP contribution in [0.4, 0.5) is 4.39 Å². The lowest BCUT2D eigenvalue weighted by molar-refractivity contribution is -0.140. The van der Waals surface area contributed by atoms with E-state index in [0.29, 0.717) is 25.3 Å². The fraction of sp³-hybridized carbons (Fsp3) is 0.667. The summed E-state index contributed by atoms with van der Waals surface area (Å²) in [4.78, 5) is 14.7. The highest BCUT2D eigenvalue weighted by molar-refractivity contribution is 7.89. The molecular formula is C21H29FN2O5S. The minimum Gasteiger partial charge on any atom is -0.483 e. The second-order valence-corrected chi connectivity index (χ2v) is 10.1. The van der Waals surface area contributed by atoms with E-state index in [1.807, 2.05) is 18.2 Å². The lowest BCUT2D eigenvalue weighted by atomic mass is 9.82. The molecule has 1 aliphatic carbocycles. The van der Waals surface area contributed by atoms with Gasteiger partial charge in [0, 0.05) is 12.6 Å². The summed E-state index contributed by atoms with van der Waals surface area (Å²) in [6.45, 7) is 0.610. The summed E-state index contributed by atoms with van der Waals surface area (Å²) in [6, 6.07) is 5.33. The van der Waals surface area contributed by atoms with Crippen molar-refractivity contribution in [3.05, 3.63) is 29.8 Å². The van der Waals surface area contributed by atoms with Gasteiger partial charge in [-0.2, -0.15) is 0 Å². The molecule has 2 fully saturated rings. The van der Waals surface area contributed by atoms with Gasteiger partial charge in [-0.15, -0.1) is 0 Å². The van der Waals surface area contributed by atoms with Gasteiger partial charge in [-0.3, -0.25) is 4.79 Å².